The Hall–Kier alpha value is -1.84. The van der Waals surface area contributed by atoms with Crippen LogP contribution in [-0.4, -0.2) is 13.9 Å². The largest absolute Gasteiger partial charge is 0.467 e. The molecule has 0 aliphatic rings. The van der Waals surface area contributed by atoms with Gasteiger partial charge in [0.05, 0.1) is 0 Å². The molecule has 0 atom stereocenters. The van der Waals surface area contributed by atoms with Crippen LogP contribution < -0.4 is 4.74 Å². The minimum Gasteiger partial charge on any atom is -0.467 e. The van der Waals surface area contributed by atoms with E-state index >= 15 is 0 Å². The van der Waals surface area contributed by atoms with E-state index in [-0.39, 0.29) is 6.79 Å². The molecule has 2 nitrogen and oxygen atoms in total. The Labute approximate surface area is 157 Å². The summed E-state index contributed by atoms with van der Waals surface area (Å²) >= 11 is 3.51. The van der Waals surface area contributed by atoms with Crippen molar-refractivity contribution in [3.8, 4) is 16.9 Å². The highest BCUT2D eigenvalue weighted by atomic mass is 79.9. The van der Waals surface area contributed by atoms with Crippen LogP contribution in [0.2, 0.25) is 0 Å². The monoisotopic (exact) mass is 398 g/mol. The molecule has 0 aromatic heterocycles. The number of fused-ring (bicyclic) bond motifs is 1. The van der Waals surface area contributed by atoms with Crippen LogP contribution in [0.25, 0.3) is 21.9 Å². The number of halogens is 1. The molecule has 0 saturated carbocycles. The molecule has 0 N–H and O–H groups in total. The van der Waals surface area contributed by atoms with E-state index in [4.69, 9.17) is 9.47 Å². The van der Waals surface area contributed by atoms with E-state index in [1.54, 1.807) is 7.11 Å². The summed E-state index contributed by atoms with van der Waals surface area (Å²) in [4.78, 5) is 0. The van der Waals surface area contributed by atoms with Gasteiger partial charge in [-0.25, -0.2) is 0 Å². The van der Waals surface area contributed by atoms with Crippen LogP contribution in [0.15, 0.2) is 59.1 Å². The maximum atomic E-state index is 5.84. The van der Waals surface area contributed by atoms with Crippen molar-refractivity contribution in [1.29, 1.82) is 0 Å². The van der Waals surface area contributed by atoms with E-state index < -0.39 is 0 Å². The Bertz CT molecular complexity index is 841. The first kappa shape index (κ1) is 18.0. The van der Waals surface area contributed by atoms with Gasteiger partial charge in [0, 0.05) is 17.1 Å². The van der Waals surface area contributed by atoms with Gasteiger partial charge < -0.3 is 9.47 Å². The fourth-order valence-electron chi connectivity index (χ4n) is 3.05. The highest BCUT2D eigenvalue weighted by molar-refractivity contribution is 9.10. The van der Waals surface area contributed by atoms with Crippen LogP contribution in [0, 0.1) is 0 Å². The number of aryl methyl sites for hydroxylation is 1. The lowest BCUT2D eigenvalue weighted by molar-refractivity contribution is 0.0516. The van der Waals surface area contributed by atoms with Crippen molar-refractivity contribution in [2.24, 2.45) is 0 Å². The van der Waals surface area contributed by atoms with E-state index in [0.717, 1.165) is 27.8 Å². The predicted octanol–water partition coefficient (Wildman–Crippen LogP) is 6.59. The summed E-state index contributed by atoms with van der Waals surface area (Å²) in [6.07, 6.45) is 3.56. The zero-order valence-electron chi connectivity index (χ0n) is 14.7. The van der Waals surface area contributed by atoms with Crippen LogP contribution in [0.3, 0.4) is 0 Å². The molecule has 130 valence electrons. The highest BCUT2D eigenvalue weighted by Crippen LogP contribution is 2.38. The van der Waals surface area contributed by atoms with Gasteiger partial charge in [-0.3, -0.25) is 0 Å². The van der Waals surface area contributed by atoms with Gasteiger partial charge in [0.2, 0.25) is 0 Å². The number of methoxy groups -OCH3 is 1. The summed E-state index contributed by atoms with van der Waals surface area (Å²) in [5.74, 6) is 0.845. The fraction of sp³-hybridized carbons (Fsp3) is 0.273. The SMILES string of the molecule is CCCCc1ccc2c(-c3ccc(Br)cc3)c(OCOC)ccc2c1. The summed E-state index contributed by atoms with van der Waals surface area (Å²) in [5, 5.41) is 2.45. The standard InChI is InChI=1S/C22H23BrO2/c1-3-4-5-16-6-12-20-18(14-16)9-13-21(25-15-24-2)22(20)17-7-10-19(23)11-8-17/h6-14H,3-5,15H2,1-2H3. The molecule has 0 aliphatic carbocycles. The Morgan fingerprint density at radius 3 is 2.48 bits per heavy atom. The van der Waals surface area contributed by atoms with E-state index in [2.05, 4.69) is 71.4 Å². The molecule has 3 aromatic carbocycles. The summed E-state index contributed by atoms with van der Waals surface area (Å²) in [5.41, 5.74) is 3.65. The summed E-state index contributed by atoms with van der Waals surface area (Å²) in [6, 6.07) is 19.3. The number of rotatable bonds is 7. The lowest BCUT2D eigenvalue weighted by atomic mass is 9.95. The molecular weight excluding hydrogens is 376 g/mol. The van der Waals surface area contributed by atoms with Crippen molar-refractivity contribution in [1.82, 2.24) is 0 Å². The average Bonchev–Trinajstić information content (AvgIpc) is 2.65. The van der Waals surface area contributed by atoms with Crippen LogP contribution in [0.1, 0.15) is 25.3 Å². The lowest BCUT2D eigenvalue weighted by Gasteiger charge is -2.15. The van der Waals surface area contributed by atoms with Gasteiger partial charge in [-0.15, -0.1) is 0 Å². The van der Waals surface area contributed by atoms with Gasteiger partial charge in [-0.2, -0.15) is 0 Å². The molecule has 0 spiro atoms. The second kappa shape index (κ2) is 8.50. The van der Waals surface area contributed by atoms with Gasteiger partial charge in [0.1, 0.15) is 5.75 Å². The van der Waals surface area contributed by atoms with E-state index in [9.17, 15) is 0 Å². The van der Waals surface area contributed by atoms with E-state index in [1.807, 2.05) is 6.07 Å². The second-order valence-corrected chi connectivity index (χ2v) is 7.07. The maximum Gasteiger partial charge on any atom is 0.188 e. The van der Waals surface area contributed by atoms with Crippen molar-refractivity contribution >= 4 is 26.7 Å². The molecule has 0 saturated heterocycles. The van der Waals surface area contributed by atoms with Crippen molar-refractivity contribution in [3.63, 3.8) is 0 Å². The molecule has 0 fully saturated rings. The van der Waals surface area contributed by atoms with Gasteiger partial charge in [-0.05, 0) is 52.9 Å². The molecule has 0 amide bonds. The Morgan fingerprint density at radius 1 is 0.960 bits per heavy atom. The summed E-state index contributed by atoms with van der Waals surface area (Å²) in [7, 11) is 1.64. The molecule has 0 bridgehead atoms. The van der Waals surface area contributed by atoms with Crippen LogP contribution in [-0.2, 0) is 11.2 Å². The third-order valence-electron chi connectivity index (χ3n) is 4.33. The van der Waals surface area contributed by atoms with Crippen molar-refractivity contribution in [2.45, 2.75) is 26.2 Å². The Kier molecular flexibility index (Phi) is 6.11. The number of hydrogen-bond donors (Lipinski definition) is 0. The van der Waals surface area contributed by atoms with Crippen LogP contribution in [0.5, 0.6) is 5.75 Å². The molecule has 0 heterocycles. The number of hydrogen-bond acceptors (Lipinski definition) is 2. The number of ether oxygens (including phenoxy) is 2. The van der Waals surface area contributed by atoms with Gasteiger partial charge in [0.25, 0.3) is 0 Å². The summed E-state index contributed by atoms with van der Waals surface area (Å²) in [6.45, 7) is 2.47. The number of unbranched alkanes of at least 4 members (excludes halogenated alkanes) is 1. The van der Waals surface area contributed by atoms with Crippen LogP contribution >= 0.6 is 15.9 Å². The molecule has 3 aromatic rings. The minimum absolute atomic E-state index is 0.240. The molecule has 0 unspecified atom stereocenters. The first-order valence-electron chi connectivity index (χ1n) is 8.66. The quantitative estimate of drug-likeness (QED) is 0.417. The first-order chi connectivity index (χ1) is 12.2. The predicted molar refractivity (Wildman–Crippen MR) is 108 cm³/mol. The number of benzene rings is 3. The first-order valence-corrected chi connectivity index (χ1v) is 9.45. The molecule has 3 rings (SSSR count). The summed E-state index contributed by atoms with van der Waals surface area (Å²) < 4.78 is 12.0. The van der Waals surface area contributed by atoms with Crippen molar-refractivity contribution in [3.05, 3.63) is 64.6 Å². The third kappa shape index (κ3) is 4.23. The zero-order valence-corrected chi connectivity index (χ0v) is 16.3. The molecule has 25 heavy (non-hydrogen) atoms. The Balaban J connectivity index is 2.12. The second-order valence-electron chi connectivity index (χ2n) is 6.16. The zero-order chi connectivity index (χ0) is 17.6. The van der Waals surface area contributed by atoms with Gasteiger partial charge in [0.15, 0.2) is 6.79 Å². The minimum atomic E-state index is 0.240. The smallest absolute Gasteiger partial charge is 0.188 e. The topological polar surface area (TPSA) is 18.5 Å². The molecule has 0 aliphatic heterocycles. The average molecular weight is 399 g/mol. The fourth-order valence-corrected chi connectivity index (χ4v) is 3.32. The Morgan fingerprint density at radius 2 is 1.76 bits per heavy atom. The van der Waals surface area contributed by atoms with E-state index in [0.29, 0.717) is 0 Å². The maximum absolute atomic E-state index is 5.84. The van der Waals surface area contributed by atoms with Crippen LogP contribution in [0.4, 0.5) is 0 Å². The highest BCUT2D eigenvalue weighted by Gasteiger charge is 2.12. The van der Waals surface area contributed by atoms with Gasteiger partial charge >= 0.3 is 0 Å². The van der Waals surface area contributed by atoms with Crippen molar-refractivity contribution < 1.29 is 9.47 Å². The molecule has 0 radical (unpaired) electrons. The normalized spacial score (nSPS) is 11.0. The van der Waals surface area contributed by atoms with Gasteiger partial charge in [-0.1, -0.05) is 65.7 Å². The molecular formula is C22H23BrO2. The van der Waals surface area contributed by atoms with E-state index in [1.165, 1.54) is 29.2 Å². The third-order valence-corrected chi connectivity index (χ3v) is 4.86. The lowest BCUT2D eigenvalue weighted by Crippen LogP contribution is -2.00. The molecule has 3 heteroatoms. The van der Waals surface area contributed by atoms with Crippen molar-refractivity contribution in [2.75, 3.05) is 13.9 Å².